The zero-order valence-corrected chi connectivity index (χ0v) is 11.0. The predicted molar refractivity (Wildman–Crippen MR) is 66.3 cm³/mol. The third-order valence-electron chi connectivity index (χ3n) is 2.82. The first-order valence-corrected chi connectivity index (χ1v) is 6.00. The van der Waals surface area contributed by atoms with Gasteiger partial charge < -0.3 is 15.0 Å². The van der Waals surface area contributed by atoms with Gasteiger partial charge in [0.1, 0.15) is 0 Å². The summed E-state index contributed by atoms with van der Waals surface area (Å²) in [6, 6.07) is 1.21. The van der Waals surface area contributed by atoms with Gasteiger partial charge in [-0.25, -0.2) is 0 Å². The van der Waals surface area contributed by atoms with Crippen LogP contribution in [0.4, 0.5) is 0 Å². The number of hydrogen-bond acceptors (Lipinski definition) is 3. The molecular formula is C12H28N2O. The number of nitrogens with one attached hydrogen (secondary N) is 1. The molecule has 1 N–H and O–H groups in total. The van der Waals surface area contributed by atoms with Gasteiger partial charge in [-0.2, -0.15) is 0 Å². The van der Waals surface area contributed by atoms with E-state index in [1.54, 1.807) is 7.11 Å². The fourth-order valence-corrected chi connectivity index (χ4v) is 1.33. The largest absolute Gasteiger partial charge is 0.385 e. The third-order valence-corrected chi connectivity index (χ3v) is 2.82. The highest BCUT2D eigenvalue weighted by Crippen LogP contribution is 1.95. The van der Waals surface area contributed by atoms with Gasteiger partial charge in [0, 0.05) is 25.8 Å². The molecule has 0 amide bonds. The van der Waals surface area contributed by atoms with Gasteiger partial charge in [0.2, 0.25) is 0 Å². The lowest BCUT2D eigenvalue weighted by atomic mass is 10.2. The Morgan fingerprint density at radius 2 is 1.93 bits per heavy atom. The second kappa shape index (κ2) is 9.13. The van der Waals surface area contributed by atoms with Crippen LogP contribution in [0.5, 0.6) is 0 Å². The molecule has 0 heterocycles. The van der Waals surface area contributed by atoms with E-state index in [1.807, 2.05) is 0 Å². The van der Waals surface area contributed by atoms with Gasteiger partial charge in [0.15, 0.2) is 0 Å². The molecule has 0 aromatic heterocycles. The van der Waals surface area contributed by atoms with Gasteiger partial charge in [-0.1, -0.05) is 0 Å². The number of rotatable bonds is 9. The zero-order valence-electron chi connectivity index (χ0n) is 11.0. The van der Waals surface area contributed by atoms with Gasteiger partial charge >= 0.3 is 0 Å². The van der Waals surface area contributed by atoms with E-state index in [2.05, 4.69) is 38.0 Å². The minimum atomic E-state index is 0.564. The number of hydrogen-bond donors (Lipinski definition) is 1. The molecule has 0 aliphatic heterocycles. The zero-order chi connectivity index (χ0) is 11.7. The van der Waals surface area contributed by atoms with Crippen molar-refractivity contribution in [2.75, 3.05) is 33.9 Å². The van der Waals surface area contributed by atoms with Crippen LogP contribution in [0.2, 0.25) is 0 Å². The van der Waals surface area contributed by atoms with Crippen LogP contribution in [0.3, 0.4) is 0 Å². The van der Waals surface area contributed by atoms with Crippen LogP contribution in [0.15, 0.2) is 0 Å². The van der Waals surface area contributed by atoms with E-state index < -0.39 is 0 Å². The molecule has 0 saturated heterocycles. The van der Waals surface area contributed by atoms with Crippen molar-refractivity contribution in [2.45, 2.75) is 45.7 Å². The van der Waals surface area contributed by atoms with Crippen molar-refractivity contribution in [3.8, 4) is 0 Å². The number of ether oxygens (including phenoxy) is 1. The average Bonchev–Trinajstić information content (AvgIpc) is 2.20. The third kappa shape index (κ3) is 8.85. The normalized spacial score (nSPS) is 13.8. The Balaban J connectivity index is 3.30. The van der Waals surface area contributed by atoms with Gasteiger partial charge in [-0.3, -0.25) is 0 Å². The van der Waals surface area contributed by atoms with Gasteiger partial charge in [-0.15, -0.1) is 0 Å². The second-order valence-electron chi connectivity index (χ2n) is 4.56. The fraction of sp³-hybridized carbons (Fsp3) is 1.00. The fourth-order valence-electron chi connectivity index (χ4n) is 1.33. The summed E-state index contributed by atoms with van der Waals surface area (Å²) in [4.78, 5) is 2.38. The molecule has 0 aliphatic carbocycles. The summed E-state index contributed by atoms with van der Waals surface area (Å²) in [7, 11) is 3.93. The van der Waals surface area contributed by atoms with Crippen LogP contribution in [0.1, 0.15) is 33.6 Å². The first-order valence-electron chi connectivity index (χ1n) is 6.00. The first-order chi connectivity index (χ1) is 7.07. The molecule has 1 atom stereocenters. The van der Waals surface area contributed by atoms with Crippen molar-refractivity contribution in [3.63, 3.8) is 0 Å². The van der Waals surface area contributed by atoms with E-state index in [0.29, 0.717) is 12.1 Å². The van der Waals surface area contributed by atoms with Gasteiger partial charge in [0.25, 0.3) is 0 Å². The molecule has 0 fully saturated rings. The van der Waals surface area contributed by atoms with E-state index in [9.17, 15) is 0 Å². The van der Waals surface area contributed by atoms with Crippen molar-refractivity contribution in [1.82, 2.24) is 10.2 Å². The van der Waals surface area contributed by atoms with Crippen LogP contribution < -0.4 is 5.32 Å². The quantitative estimate of drug-likeness (QED) is 0.594. The lowest BCUT2D eigenvalue weighted by Gasteiger charge is -2.21. The topological polar surface area (TPSA) is 24.5 Å². The summed E-state index contributed by atoms with van der Waals surface area (Å²) in [6.45, 7) is 9.79. The smallest absolute Gasteiger partial charge is 0.0476 e. The average molecular weight is 216 g/mol. The summed E-state index contributed by atoms with van der Waals surface area (Å²) >= 11 is 0. The number of methoxy groups -OCH3 is 1. The first kappa shape index (κ1) is 14.9. The van der Waals surface area contributed by atoms with E-state index in [4.69, 9.17) is 4.74 Å². The molecule has 0 aromatic carbocycles. The summed E-state index contributed by atoms with van der Waals surface area (Å²) in [5.41, 5.74) is 0. The Kier molecular flexibility index (Phi) is 9.06. The lowest BCUT2D eigenvalue weighted by Crippen LogP contribution is -2.32. The lowest BCUT2D eigenvalue weighted by molar-refractivity contribution is 0.184. The van der Waals surface area contributed by atoms with Crippen LogP contribution in [-0.2, 0) is 4.74 Å². The maximum Gasteiger partial charge on any atom is 0.0476 e. The Hall–Kier alpha value is -0.120. The van der Waals surface area contributed by atoms with Crippen molar-refractivity contribution in [3.05, 3.63) is 0 Å². The SMILES string of the molecule is COCCC(C)NCCCN(C)C(C)C. The van der Waals surface area contributed by atoms with Gasteiger partial charge in [0.05, 0.1) is 0 Å². The Bertz CT molecular complexity index is 140. The van der Waals surface area contributed by atoms with Crippen LogP contribution in [-0.4, -0.2) is 50.8 Å². The summed E-state index contributed by atoms with van der Waals surface area (Å²) in [5, 5.41) is 3.51. The molecule has 0 rings (SSSR count). The van der Waals surface area contributed by atoms with Crippen LogP contribution in [0, 0.1) is 0 Å². The van der Waals surface area contributed by atoms with Crippen molar-refractivity contribution in [2.24, 2.45) is 0 Å². The van der Waals surface area contributed by atoms with E-state index in [-0.39, 0.29) is 0 Å². The molecular weight excluding hydrogens is 188 g/mol. The number of nitrogens with zero attached hydrogens (tertiary/aromatic N) is 1. The molecule has 0 bridgehead atoms. The van der Waals surface area contributed by atoms with Crippen molar-refractivity contribution >= 4 is 0 Å². The molecule has 15 heavy (non-hydrogen) atoms. The standard InChI is InChI=1S/C12H28N2O/c1-11(2)14(4)9-6-8-13-12(3)7-10-15-5/h11-13H,6-10H2,1-5H3. The van der Waals surface area contributed by atoms with Crippen LogP contribution >= 0.6 is 0 Å². The minimum absolute atomic E-state index is 0.564. The van der Waals surface area contributed by atoms with Crippen LogP contribution in [0.25, 0.3) is 0 Å². The summed E-state index contributed by atoms with van der Waals surface area (Å²) in [5.74, 6) is 0. The van der Waals surface area contributed by atoms with Gasteiger partial charge in [-0.05, 0) is 53.8 Å². The molecule has 92 valence electrons. The highest BCUT2D eigenvalue weighted by atomic mass is 16.5. The minimum Gasteiger partial charge on any atom is -0.385 e. The maximum absolute atomic E-state index is 5.04. The second-order valence-corrected chi connectivity index (χ2v) is 4.56. The molecule has 0 radical (unpaired) electrons. The van der Waals surface area contributed by atoms with E-state index >= 15 is 0 Å². The molecule has 0 aromatic rings. The molecule has 1 unspecified atom stereocenters. The monoisotopic (exact) mass is 216 g/mol. The van der Waals surface area contributed by atoms with E-state index in [0.717, 1.165) is 19.6 Å². The van der Waals surface area contributed by atoms with Crippen molar-refractivity contribution < 1.29 is 4.74 Å². The summed E-state index contributed by atoms with van der Waals surface area (Å²) < 4.78 is 5.04. The highest BCUT2D eigenvalue weighted by Gasteiger charge is 2.03. The summed E-state index contributed by atoms with van der Waals surface area (Å²) in [6.07, 6.45) is 2.31. The molecule has 3 heteroatoms. The maximum atomic E-state index is 5.04. The molecule has 0 spiro atoms. The van der Waals surface area contributed by atoms with E-state index in [1.165, 1.54) is 13.0 Å². The highest BCUT2D eigenvalue weighted by molar-refractivity contribution is 4.62. The van der Waals surface area contributed by atoms with Crippen molar-refractivity contribution in [1.29, 1.82) is 0 Å². The molecule has 0 aliphatic rings. The Labute approximate surface area is 95.2 Å². The Morgan fingerprint density at radius 1 is 1.27 bits per heavy atom. The molecule has 3 nitrogen and oxygen atoms in total. The molecule has 0 saturated carbocycles. The Morgan fingerprint density at radius 3 is 2.47 bits per heavy atom. The predicted octanol–water partition coefficient (Wildman–Crippen LogP) is 1.73.